The van der Waals surface area contributed by atoms with Crippen molar-refractivity contribution in [3.8, 4) is 0 Å². The van der Waals surface area contributed by atoms with Gasteiger partial charge in [0, 0.05) is 24.8 Å². The van der Waals surface area contributed by atoms with E-state index in [9.17, 15) is 29.4 Å². The molecule has 0 heterocycles. The van der Waals surface area contributed by atoms with Gasteiger partial charge < -0.3 is 19.8 Å². The first kappa shape index (κ1) is 19.4. The number of carbonyl (C=O) groups excluding carboxylic acids is 4. The summed E-state index contributed by atoms with van der Waals surface area (Å²) in [6.07, 6.45) is -0.944. The van der Waals surface area contributed by atoms with Gasteiger partial charge in [0.2, 0.25) is 0 Å². The van der Waals surface area contributed by atoms with E-state index in [1.165, 1.54) is 13.8 Å². The normalized spacial score (nSPS) is 7.60. The van der Waals surface area contributed by atoms with Crippen molar-refractivity contribution in [1.82, 2.24) is 0 Å². The zero-order valence-electron chi connectivity index (χ0n) is 8.31. The Kier molecular flexibility index (Phi) is 14.2. The van der Waals surface area contributed by atoms with Crippen LogP contribution in [0.3, 0.4) is 0 Å². The second-order valence-electron chi connectivity index (χ2n) is 2.50. The van der Waals surface area contributed by atoms with Gasteiger partial charge in [-0.3, -0.25) is 9.59 Å². The van der Waals surface area contributed by atoms with Crippen LogP contribution in [-0.4, -0.2) is 23.5 Å². The first-order valence-corrected chi connectivity index (χ1v) is 3.64. The summed E-state index contributed by atoms with van der Waals surface area (Å²) >= 11 is 0. The molecule has 0 N–H and O–H groups in total. The van der Waals surface area contributed by atoms with E-state index in [0.29, 0.717) is 0 Å². The number of carbonyl (C=O) groups is 4. The van der Waals surface area contributed by atoms with E-state index in [0.717, 1.165) is 0 Å². The third-order valence-corrected chi connectivity index (χ3v) is 0.787. The van der Waals surface area contributed by atoms with Gasteiger partial charge in [-0.25, -0.2) is 0 Å². The zero-order chi connectivity index (χ0) is 11.7. The largest absolute Gasteiger partial charge is 2.00 e. The summed E-state index contributed by atoms with van der Waals surface area (Å²) in [5, 5.41) is 19.0. The van der Waals surface area contributed by atoms with Gasteiger partial charge in [-0.2, -0.15) is 0 Å². The van der Waals surface area contributed by atoms with Crippen molar-refractivity contribution in [3.63, 3.8) is 0 Å². The minimum Gasteiger partial charge on any atom is -0.550 e. The first-order valence-electron chi connectivity index (χ1n) is 3.64. The number of carboxylic acids is 2. The first-order chi connectivity index (χ1) is 6.25. The van der Waals surface area contributed by atoms with Gasteiger partial charge in [-0.1, -0.05) is 0 Å². The van der Waals surface area contributed by atoms with Gasteiger partial charge in [0.15, 0.2) is 0 Å². The van der Waals surface area contributed by atoms with Crippen molar-refractivity contribution >= 4 is 23.5 Å². The fourth-order valence-corrected chi connectivity index (χ4v) is 0.407. The van der Waals surface area contributed by atoms with Gasteiger partial charge in [-0.05, 0) is 13.8 Å². The minimum absolute atomic E-state index is 0. The second kappa shape index (κ2) is 10.9. The summed E-state index contributed by atoms with van der Waals surface area (Å²) in [5.41, 5.74) is 0. The summed E-state index contributed by atoms with van der Waals surface area (Å²) in [6.45, 7) is 2.41. The Hall–Kier alpha value is -1.14. The van der Waals surface area contributed by atoms with Crippen LogP contribution >= 0.6 is 0 Å². The Morgan fingerprint density at radius 3 is 1.00 bits per heavy atom. The van der Waals surface area contributed by atoms with Gasteiger partial charge >= 0.3 is 18.6 Å². The predicted molar refractivity (Wildman–Crippen MR) is 40.6 cm³/mol. The zero-order valence-corrected chi connectivity index (χ0v) is 9.71. The van der Waals surface area contributed by atoms with Gasteiger partial charge in [-0.15, -0.1) is 0 Å². The second-order valence-corrected chi connectivity index (χ2v) is 2.50. The van der Waals surface area contributed by atoms with Crippen LogP contribution in [0, 0.1) is 0 Å². The molecule has 15 heavy (non-hydrogen) atoms. The van der Waals surface area contributed by atoms with Crippen molar-refractivity contribution in [3.05, 3.63) is 0 Å². The molecule has 0 amide bonds. The van der Waals surface area contributed by atoms with E-state index < -0.39 is 24.8 Å². The van der Waals surface area contributed by atoms with Crippen LogP contribution in [0.15, 0.2) is 0 Å². The molecule has 0 unspecified atom stereocenters. The average molecular weight is 253 g/mol. The number of ketones is 2. The molecule has 1 radical (unpaired) electrons. The summed E-state index contributed by atoms with van der Waals surface area (Å²) in [7, 11) is 0. The van der Waals surface area contributed by atoms with Crippen molar-refractivity contribution in [1.29, 1.82) is 0 Å². The van der Waals surface area contributed by atoms with Crippen LogP contribution < -0.4 is 10.2 Å². The van der Waals surface area contributed by atoms with Crippen LogP contribution in [0.2, 0.25) is 0 Å². The van der Waals surface area contributed by atoms with Crippen molar-refractivity contribution in [2.24, 2.45) is 0 Å². The maximum atomic E-state index is 9.83. The Bertz CT molecular complexity index is 198. The number of Topliss-reactive ketones (excluding diaryl/α,β-unsaturated/α-hetero) is 2. The predicted octanol–water partition coefficient (Wildman–Crippen LogP) is -2.57. The Morgan fingerprint density at radius 1 is 0.800 bits per heavy atom. The number of rotatable bonds is 4. The molecule has 0 saturated carbocycles. The van der Waals surface area contributed by atoms with Crippen LogP contribution in [0.1, 0.15) is 26.7 Å². The summed E-state index contributed by atoms with van der Waals surface area (Å²) in [6, 6.07) is 0. The minimum atomic E-state index is -1.31. The molecule has 0 saturated heterocycles. The fraction of sp³-hybridized carbons (Fsp3) is 0.500. The van der Waals surface area contributed by atoms with Crippen molar-refractivity contribution in [2.75, 3.05) is 0 Å². The van der Waals surface area contributed by atoms with E-state index in [1.54, 1.807) is 0 Å². The molecule has 0 fully saturated rings. The molecule has 0 spiro atoms. The van der Waals surface area contributed by atoms with Crippen LogP contribution in [0.4, 0.5) is 0 Å². The summed E-state index contributed by atoms with van der Waals surface area (Å²) in [5.74, 6) is -3.37. The molecule has 0 aliphatic rings. The summed E-state index contributed by atoms with van der Waals surface area (Å²) in [4.78, 5) is 38.6. The monoisotopic (exact) mass is 253 g/mol. The average Bonchev–Trinajstić information content (AvgIpc) is 1.79. The quantitative estimate of drug-likeness (QED) is 0.508. The third-order valence-electron chi connectivity index (χ3n) is 0.787. The molecule has 0 aromatic rings. The SMILES string of the molecule is CC(=O)CC(=O)[O-].CC(=O)CC(=O)[O-].[V+2]. The maximum absolute atomic E-state index is 9.83. The third kappa shape index (κ3) is 32.2. The van der Waals surface area contributed by atoms with E-state index >= 15 is 0 Å². The van der Waals surface area contributed by atoms with Gasteiger partial charge in [0.25, 0.3) is 0 Å². The molecule has 0 aromatic heterocycles. The number of aliphatic carboxylic acids is 2. The number of hydrogen-bond acceptors (Lipinski definition) is 6. The van der Waals surface area contributed by atoms with Gasteiger partial charge in [0.05, 0.1) is 0 Å². The molecular formula is C8H10O6V. The molecular weight excluding hydrogens is 243 g/mol. The molecule has 0 aliphatic carbocycles. The Morgan fingerprint density at radius 2 is 1.00 bits per heavy atom. The molecule has 83 valence electrons. The molecule has 6 nitrogen and oxygen atoms in total. The maximum Gasteiger partial charge on any atom is 2.00 e. The number of carboxylic acid groups (broad SMARTS) is 2. The molecule has 0 aromatic carbocycles. The molecule has 7 heteroatoms. The topological polar surface area (TPSA) is 114 Å². The van der Waals surface area contributed by atoms with Crippen LogP contribution in [0.25, 0.3) is 0 Å². The molecule has 0 aliphatic heterocycles. The summed E-state index contributed by atoms with van der Waals surface area (Å²) < 4.78 is 0. The van der Waals surface area contributed by atoms with E-state index in [1.807, 2.05) is 0 Å². The Balaban J connectivity index is -0.000000180. The van der Waals surface area contributed by atoms with Crippen molar-refractivity contribution in [2.45, 2.75) is 26.7 Å². The van der Waals surface area contributed by atoms with Crippen molar-refractivity contribution < 1.29 is 47.9 Å². The van der Waals surface area contributed by atoms with E-state index in [2.05, 4.69) is 0 Å². The van der Waals surface area contributed by atoms with Crippen LogP contribution in [-0.2, 0) is 37.7 Å². The Labute approximate surface area is 98.5 Å². The van der Waals surface area contributed by atoms with Gasteiger partial charge in [0.1, 0.15) is 11.6 Å². The molecule has 0 atom stereocenters. The fourth-order valence-electron chi connectivity index (χ4n) is 0.407. The standard InChI is InChI=1S/2C4H6O3.V/c2*1-3(5)2-4(6)7;/h2*2H2,1H3,(H,6,7);/q;;+2/p-2. The van der Waals surface area contributed by atoms with E-state index in [4.69, 9.17) is 0 Å². The van der Waals surface area contributed by atoms with Crippen LogP contribution in [0.5, 0.6) is 0 Å². The molecule has 0 bridgehead atoms. The van der Waals surface area contributed by atoms with E-state index in [-0.39, 0.29) is 30.1 Å². The number of hydrogen-bond donors (Lipinski definition) is 0. The smallest absolute Gasteiger partial charge is 0.550 e. The molecule has 0 rings (SSSR count).